The number of carboxylic acids is 1. The van der Waals surface area contributed by atoms with Gasteiger partial charge in [0.2, 0.25) is 0 Å². The molecule has 0 bridgehead atoms. The van der Waals surface area contributed by atoms with E-state index >= 15 is 0 Å². The molecule has 0 saturated carbocycles. The normalized spacial score (nSPS) is 12.2. The third-order valence-electron chi connectivity index (χ3n) is 4.00. The molecule has 0 aromatic heterocycles. The third-order valence-corrected chi connectivity index (χ3v) is 4.00. The standard InChI is InChI=1S/C18H26O3/c1-5-15(18(20)21)8-6-7-9-16(19)17-13(3)10-12(2)11-14(17)4/h10-11,15H,5-9H2,1-4H3,(H,20,21). The first-order chi connectivity index (χ1) is 9.86. The summed E-state index contributed by atoms with van der Waals surface area (Å²) in [7, 11) is 0. The summed E-state index contributed by atoms with van der Waals surface area (Å²) >= 11 is 0. The van der Waals surface area contributed by atoms with Crippen LogP contribution in [0.2, 0.25) is 0 Å². The summed E-state index contributed by atoms with van der Waals surface area (Å²) in [5, 5.41) is 8.99. The van der Waals surface area contributed by atoms with Gasteiger partial charge in [0.1, 0.15) is 0 Å². The lowest BCUT2D eigenvalue weighted by atomic mass is 9.93. The number of benzene rings is 1. The Bertz CT molecular complexity index is 494. The zero-order valence-corrected chi connectivity index (χ0v) is 13.5. The minimum Gasteiger partial charge on any atom is -0.481 e. The van der Waals surface area contributed by atoms with E-state index in [0.717, 1.165) is 29.5 Å². The summed E-state index contributed by atoms with van der Waals surface area (Å²) in [6.45, 7) is 7.88. The molecule has 1 aromatic carbocycles. The first-order valence-electron chi connectivity index (χ1n) is 7.70. The monoisotopic (exact) mass is 290 g/mol. The van der Waals surface area contributed by atoms with Crippen LogP contribution in [-0.2, 0) is 4.79 Å². The van der Waals surface area contributed by atoms with Gasteiger partial charge in [0.25, 0.3) is 0 Å². The highest BCUT2D eigenvalue weighted by Gasteiger charge is 2.16. The van der Waals surface area contributed by atoms with Gasteiger partial charge in [0, 0.05) is 12.0 Å². The predicted octanol–water partition coefficient (Wildman–Crippen LogP) is 4.47. The number of carboxylic acid groups (broad SMARTS) is 1. The third kappa shape index (κ3) is 5.00. The molecule has 0 fully saturated rings. The quantitative estimate of drug-likeness (QED) is 0.568. The largest absolute Gasteiger partial charge is 0.481 e. The number of rotatable bonds is 8. The molecule has 0 aliphatic carbocycles. The van der Waals surface area contributed by atoms with E-state index < -0.39 is 5.97 Å². The van der Waals surface area contributed by atoms with Crippen molar-refractivity contribution < 1.29 is 14.7 Å². The van der Waals surface area contributed by atoms with Crippen molar-refractivity contribution in [3.05, 3.63) is 34.4 Å². The molecule has 0 radical (unpaired) electrons. The van der Waals surface area contributed by atoms with Crippen LogP contribution in [0.15, 0.2) is 12.1 Å². The summed E-state index contributed by atoms with van der Waals surface area (Å²) in [6, 6.07) is 4.08. The highest BCUT2D eigenvalue weighted by Crippen LogP contribution is 2.20. The zero-order valence-electron chi connectivity index (χ0n) is 13.5. The second kappa shape index (κ2) is 7.96. The molecule has 1 N–H and O–H groups in total. The van der Waals surface area contributed by atoms with E-state index in [0.29, 0.717) is 19.3 Å². The molecular weight excluding hydrogens is 264 g/mol. The van der Waals surface area contributed by atoms with Crippen LogP contribution in [0.4, 0.5) is 0 Å². The maximum absolute atomic E-state index is 12.3. The maximum Gasteiger partial charge on any atom is 0.306 e. The Labute approximate surface area is 127 Å². The smallest absolute Gasteiger partial charge is 0.306 e. The maximum atomic E-state index is 12.3. The molecule has 0 aliphatic rings. The van der Waals surface area contributed by atoms with E-state index in [4.69, 9.17) is 5.11 Å². The second-order valence-electron chi connectivity index (χ2n) is 5.89. The van der Waals surface area contributed by atoms with Crippen molar-refractivity contribution in [1.82, 2.24) is 0 Å². The van der Waals surface area contributed by atoms with Crippen LogP contribution < -0.4 is 0 Å². The van der Waals surface area contributed by atoms with E-state index in [9.17, 15) is 9.59 Å². The van der Waals surface area contributed by atoms with Crippen molar-refractivity contribution in [2.75, 3.05) is 0 Å². The van der Waals surface area contributed by atoms with Gasteiger partial charge in [-0.3, -0.25) is 9.59 Å². The number of aryl methyl sites for hydroxylation is 3. The summed E-state index contributed by atoms with van der Waals surface area (Å²) < 4.78 is 0. The summed E-state index contributed by atoms with van der Waals surface area (Å²) in [6.07, 6.45) is 3.36. The van der Waals surface area contributed by atoms with Crippen molar-refractivity contribution in [3.63, 3.8) is 0 Å². The van der Waals surface area contributed by atoms with Gasteiger partial charge < -0.3 is 5.11 Å². The van der Waals surface area contributed by atoms with E-state index in [1.165, 1.54) is 5.56 Å². The van der Waals surface area contributed by atoms with Crippen LogP contribution in [-0.4, -0.2) is 16.9 Å². The molecule has 1 rings (SSSR count). The molecule has 0 aliphatic heterocycles. The van der Waals surface area contributed by atoms with Gasteiger partial charge in [-0.1, -0.05) is 31.0 Å². The molecule has 0 spiro atoms. The molecule has 3 heteroatoms. The molecule has 0 amide bonds. The number of ketones is 1. The lowest BCUT2D eigenvalue weighted by Gasteiger charge is -2.11. The fourth-order valence-corrected chi connectivity index (χ4v) is 2.92. The Morgan fingerprint density at radius 1 is 1.10 bits per heavy atom. The number of hydrogen-bond donors (Lipinski definition) is 1. The van der Waals surface area contributed by atoms with E-state index in [1.54, 1.807) is 0 Å². The summed E-state index contributed by atoms with van der Waals surface area (Å²) in [5.74, 6) is -0.828. The number of aliphatic carboxylic acids is 1. The Hall–Kier alpha value is -1.64. The van der Waals surface area contributed by atoms with Gasteiger partial charge in [-0.25, -0.2) is 0 Å². The second-order valence-corrected chi connectivity index (χ2v) is 5.89. The van der Waals surface area contributed by atoms with Crippen molar-refractivity contribution in [3.8, 4) is 0 Å². The topological polar surface area (TPSA) is 54.4 Å². The molecule has 21 heavy (non-hydrogen) atoms. The van der Waals surface area contributed by atoms with Gasteiger partial charge in [0.15, 0.2) is 5.78 Å². The van der Waals surface area contributed by atoms with Gasteiger partial charge in [-0.15, -0.1) is 0 Å². The minimum atomic E-state index is -0.728. The Balaban J connectivity index is 2.54. The number of carbonyl (C=O) groups is 2. The molecular formula is C18H26O3. The molecule has 0 saturated heterocycles. The SMILES string of the molecule is CCC(CCCCC(=O)c1c(C)cc(C)cc1C)C(=O)O. The zero-order chi connectivity index (χ0) is 16.0. The lowest BCUT2D eigenvalue weighted by Crippen LogP contribution is -2.12. The van der Waals surface area contributed by atoms with Gasteiger partial charge in [-0.2, -0.15) is 0 Å². The lowest BCUT2D eigenvalue weighted by molar-refractivity contribution is -0.142. The first-order valence-corrected chi connectivity index (χ1v) is 7.70. The average molecular weight is 290 g/mol. The highest BCUT2D eigenvalue weighted by molar-refractivity contribution is 5.98. The summed E-state index contributed by atoms with van der Waals surface area (Å²) in [4.78, 5) is 23.3. The van der Waals surface area contributed by atoms with Crippen molar-refractivity contribution >= 4 is 11.8 Å². The fraction of sp³-hybridized carbons (Fsp3) is 0.556. The van der Waals surface area contributed by atoms with Crippen LogP contribution in [0.1, 0.15) is 66.1 Å². The fourth-order valence-electron chi connectivity index (χ4n) is 2.92. The van der Waals surface area contributed by atoms with E-state index in [1.807, 2.05) is 39.8 Å². The Morgan fingerprint density at radius 3 is 2.14 bits per heavy atom. The number of unbranched alkanes of at least 4 members (excludes halogenated alkanes) is 1. The average Bonchev–Trinajstić information content (AvgIpc) is 2.36. The first kappa shape index (κ1) is 17.4. The van der Waals surface area contributed by atoms with Crippen LogP contribution >= 0.6 is 0 Å². The number of Topliss-reactive ketones (excluding diaryl/α,β-unsaturated/α-hetero) is 1. The number of carbonyl (C=O) groups excluding carboxylic acids is 1. The molecule has 3 nitrogen and oxygen atoms in total. The summed E-state index contributed by atoms with van der Waals surface area (Å²) in [5.41, 5.74) is 4.09. The molecule has 1 aromatic rings. The molecule has 0 heterocycles. The van der Waals surface area contributed by atoms with Crippen LogP contribution in [0.5, 0.6) is 0 Å². The molecule has 116 valence electrons. The Kier molecular flexibility index (Phi) is 6.60. The van der Waals surface area contributed by atoms with E-state index in [-0.39, 0.29) is 11.7 Å². The molecule has 1 atom stereocenters. The van der Waals surface area contributed by atoms with Crippen molar-refractivity contribution in [1.29, 1.82) is 0 Å². The molecule has 1 unspecified atom stereocenters. The van der Waals surface area contributed by atoms with Crippen LogP contribution in [0, 0.1) is 26.7 Å². The van der Waals surface area contributed by atoms with Crippen LogP contribution in [0.3, 0.4) is 0 Å². The van der Waals surface area contributed by atoms with Crippen molar-refractivity contribution in [2.45, 2.75) is 59.8 Å². The minimum absolute atomic E-state index is 0.174. The number of hydrogen-bond acceptors (Lipinski definition) is 2. The van der Waals surface area contributed by atoms with Gasteiger partial charge >= 0.3 is 5.97 Å². The van der Waals surface area contributed by atoms with Crippen LogP contribution in [0.25, 0.3) is 0 Å². The van der Waals surface area contributed by atoms with E-state index in [2.05, 4.69) is 0 Å². The Morgan fingerprint density at radius 2 is 1.67 bits per heavy atom. The van der Waals surface area contributed by atoms with Crippen molar-refractivity contribution in [2.24, 2.45) is 5.92 Å². The van der Waals surface area contributed by atoms with Gasteiger partial charge in [0.05, 0.1) is 5.92 Å². The van der Waals surface area contributed by atoms with Gasteiger partial charge in [-0.05, 0) is 51.2 Å². The highest BCUT2D eigenvalue weighted by atomic mass is 16.4. The predicted molar refractivity (Wildman–Crippen MR) is 84.9 cm³/mol.